The topological polar surface area (TPSA) is 129 Å². The number of azide groups is 1. The highest BCUT2D eigenvalue weighted by atomic mass is 32.2. The highest BCUT2D eigenvalue weighted by Crippen LogP contribution is 2.15. The van der Waals surface area contributed by atoms with Crippen molar-refractivity contribution in [3.05, 3.63) is 40.3 Å². The van der Waals surface area contributed by atoms with Crippen LogP contribution in [0.4, 0.5) is 0 Å². The number of benzene rings is 1. The molecule has 0 aliphatic carbocycles. The molecule has 1 aromatic carbocycles. The number of nitrogens with zero attached hydrogens (tertiary/aromatic N) is 3. The minimum Gasteiger partial charge on any atom is -0.460 e. The molecule has 0 bridgehead atoms. The van der Waals surface area contributed by atoms with E-state index >= 15 is 0 Å². The first-order valence-corrected chi connectivity index (χ1v) is 6.14. The lowest BCUT2D eigenvalue weighted by Crippen LogP contribution is -2.09. The van der Waals surface area contributed by atoms with Gasteiger partial charge in [0.05, 0.1) is 17.1 Å². The average molecular weight is 271 g/mol. The van der Waals surface area contributed by atoms with Crippen molar-refractivity contribution in [1.29, 1.82) is 0 Å². The number of hydrogen-bond acceptors (Lipinski definition) is 5. The number of aliphatic hydroxyl groups excluding tert-OH is 1. The summed E-state index contributed by atoms with van der Waals surface area (Å²) in [6.45, 7) is -0.519. The van der Waals surface area contributed by atoms with Gasteiger partial charge in [-0.1, -0.05) is 6.07 Å². The van der Waals surface area contributed by atoms with Gasteiger partial charge in [0.25, 0.3) is 10.0 Å². The van der Waals surface area contributed by atoms with Crippen molar-refractivity contribution in [1.82, 2.24) is 0 Å². The molecule has 0 saturated carbocycles. The summed E-state index contributed by atoms with van der Waals surface area (Å²) < 4.78 is 30.1. The van der Waals surface area contributed by atoms with Gasteiger partial charge in [0.15, 0.2) is 0 Å². The Balaban J connectivity index is 3.07. The number of carbonyl (C=O) groups is 1. The fraction of sp³-hybridized carbons (Fsp3) is 0.222. The van der Waals surface area contributed by atoms with Crippen LogP contribution < -0.4 is 0 Å². The summed E-state index contributed by atoms with van der Waals surface area (Å²) in [4.78, 5) is 13.3. The summed E-state index contributed by atoms with van der Waals surface area (Å²) in [5.74, 6) is -0.776. The molecule has 0 aromatic heterocycles. The molecule has 0 fully saturated rings. The Kier molecular flexibility index (Phi) is 4.67. The van der Waals surface area contributed by atoms with Crippen molar-refractivity contribution in [3.63, 3.8) is 0 Å². The van der Waals surface area contributed by atoms with E-state index in [4.69, 9.17) is 10.6 Å². The van der Waals surface area contributed by atoms with E-state index in [2.05, 4.69) is 14.2 Å². The number of sulfonamides is 1. The molecule has 0 unspecified atom stereocenters. The fourth-order valence-corrected chi connectivity index (χ4v) is 1.82. The first kappa shape index (κ1) is 14.0. The van der Waals surface area contributed by atoms with Crippen LogP contribution in [0.15, 0.2) is 33.7 Å². The van der Waals surface area contributed by atoms with Crippen molar-refractivity contribution >= 4 is 16.0 Å². The molecule has 0 spiro atoms. The molecule has 9 heteroatoms. The Morgan fingerprint density at radius 3 is 2.83 bits per heavy atom. The predicted octanol–water partition coefficient (Wildman–Crippen LogP) is 0.835. The zero-order valence-electron chi connectivity index (χ0n) is 9.05. The standard InChI is InChI=1S/C9H9N3O5S/c10-11-12-18(15,16)8-3-1-2-7(6-8)9(14)17-5-4-13/h1-3,6,13H,4-5H2. The van der Waals surface area contributed by atoms with Gasteiger partial charge in [0.2, 0.25) is 0 Å². The normalized spacial score (nSPS) is 10.5. The maximum Gasteiger partial charge on any atom is 0.338 e. The third kappa shape index (κ3) is 3.45. The molecule has 0 aliphatic heterocycles. The molecule has 8 nitrogen and oxygen atoms in total. The van der Waals surface area contributed by atoms with E-state index in [0.717, 1.165) is 6.07 Å². The summed E-state index contributed by atoms with van der Waals surface area (Å²) in [6, 6.07) is 4.88. The second-order valence-corrected chi connectivity index (χ2v) is 4.62. The van der Waals surface area contributed by atoms with Crippen LogP contribution in [0.2, 0.25) is 0 Å². The number of hydrogen-bond donors (Lipinski definition) is 1. The minimum absolute atomic E-state index is 0.0161. The summed E-state index contributed by atoms with van der Waals surface area (Å²) in [6.07, 6.45) is 0. The summed E-state index contributed by atoms with van der Waals surface area (Å²) in [5, 5.41) is 8.49. The molecule has 18 heavy (non-hydrogen) atoms. The third-order valence-corrected chi connectivity index (χ3v) is 2.97. The van der Waals surface area contributed by atoms with E-state index in [-0.39, 0.29) is 23.7 Å². The van der Waals surface area contributed by atoms with Gasteiger partial charge in [-0.3, -0.25) is 0 Å². The Morgan fingerprint density at radius 2 is 2.22 bits per heavy atom. The van der Waals surface area contributed by atoms with Crippen LogP contribution in [0.1, 0.15) is 10.4 Å². The molecule has 1 aromatic rings. The van der Waals surface area contributed by atoms with Crippen molar-refractivity contribution < 1.29 is 23.1 Å². The molecule has 0 radical (unpaired) electrons. The first-order valence-electron chi connectivity index (χ1n) is 4.70. The van der Waals surface area contributed by atoms with Gasteiger partial charge in [0.1, 0.15) is 6.61 Å². The van der Waals surface area contributed by atoms with Crippen LogP contribution in [-0.4, -0.2) is 32.7 Å². The van der Waals surface area contributed by atoms with E-state index in [0.29, 0.717) is 0 Å². The summed E-state index contributed by atoms with van der Waals surface area (Å²) in [5.41, 5.74) is 8.10. The molecule has 0 atom stereocenters. The number of rotatable bonds is 5. The zero-order valence-corrected chi connectivity index (χ0v) is 9.87. The van der Waals surface area contributed by atoms with E-state index < -0.39 is 16.0 Å². The van der Waals surface area contributed by atoms with Crippen LogP contribution in [0.5, 0.6) is 0 Å². The zero-order chi connectivity index (χ0) is 13.6. The maximum absolute atomic E-state index is 11.4. The number of carbonyl (C=O) groups excluding carboxylic acids is 1. The lowest BCUT2D eigenvalue weighted by Gasteiger charge is -2.04. The van der Waals surface area contributed by atoms with Gasteiger partial charge in [-0.05, 0) is 23.7 Å². The lowest BCUT2D eigenvalue weighted by atomic mass is 10.2. The van der Waals surface area contributed by atoms with Crippen molar-refractivity contribution in [3.8, 4) is 0 Å². The highest BCUT2D eigenvalue weighted by Gasteiger charge is 2.15. The molecule has 1 N–H and O–H groups in total. The molecule has 96 valence electrons. The van der Waals surface area contributed by atoms with Crippen LogP contribution in [0.3, 0.4) is 0 Å². The van der Waals surface area contributed by atoms with Crippen molar-refractivity contribution in [2.24, 2.45) is 4.52 Å². The van der Waals surface area contributed by atoms with Crippen LogP contribution in [0.25, 0.3) is 10.4 Å². The molecule has 0 aliphatic rings. The van der Waals surface area contributed by atoms with Gasteiger partial charge in [-0.15, -0.1) is 0 Å². The quantitative estimate of drug-likeness (QED) is 0.367. The summed E-state index contributed by atoms with van der Waals surface area (Å²) >= 11 is 0. The van der Waals surface area contributed by atoms with Gasteiger partial charge in [-0.25, -0.2) is 13.2 Å². The Bertz CT molecular complexity index is 592. The molecule has 0 amide bonds. The Labute approximate surface area is 102 Å². The predicted molar refractivity (Wildman–Crippen MR) is 60.1 cm³/mol. The van der Waals surface area contributed by atoms with Crippen LogP contribution >= 0.6 is 0 Å². The minimum atomic E-state index is -4.14. The van der Waals surface area contributed by atoms with E-state index in [1.54, 1.807) is 0 Å². The van der Waals surface area contributed by atoms with E-state index in [1.807, 2.05) is 0 Å². The highest BCUT2D eigenvalue weighted by molar-refractivity contribution is 7.90. The number of aliphatic hydroxyl groups is 1. The van der Waals surface area contributed by atoms with E-state index in [9.17, 15) is 13.2 Å². The Hall–Kier alpha value is -2.09. The maximum atomic E-state index is 11.4. The summed E-state index contributed by atoms with van der Waals surface area (Å²) in [7, 11) is -4.14. The first-order chi connectivity index (χ1) is 8.51. The molecular formula is C9H9N3O5S. The van der Waals surface area contributed by atoms with Gasteiger partial charge in [-0.2, -0.15) is 0 Å². The molecule has 0 saturated heterocycles. The van der Waals surface area contributed by atoms with Gasteiger partial charge < -0.3 is 9.84 Å². The number of esters is 1. The second-order valence-electron chi connectivity index (χ2n) is 3.03. The largest absolute Gasteiger partial charge is 0.460 e. The third-order valence-electron chi connectivity index (χ3n) is 1.84. The van der Waals surface area contributed by atoms with Crippen molar-refractivity contribution in [2.75, 3.05) is 13.2 Å². The average Bonchev–Trinajstić information content (AvgIpc) is 2.36. The van der Waals surface area contributed by atoms with Crippen LogP contribution in [0, 0.1) is 0 Å². The van der Waals surface area contributed by atoms with Crippen molar-refractivity contribution in [2.45, 2.75) is 4.90 Å². The second kappa shape index (κ2) is 6.01. The molecular weight excluding hydrogens is 262 g/mol. The molecule has 1 rings (SSSR count). The fourth-order valence-electron chi connectivity index (χ4n) is 1.10. The Morgan fingerprint density at radius 1 is 1.50 bits per heavy atom. The van der Waals surface area contributed by atoms with Gasteiger partial charge in [0, 0.05) is 9.43 Å². The number of ether oxygens (including phenoxy) is 1. The van der Waals surface area contributed by atoms with Gasteiger partial charge >= 0.3 is 5.97 Å². The SMILES string of the molecule is [N-]=[N+]=NS(=O)(=O)c1cccc(C(=O)OCCO)c1. The monoisotopic (exact) mass is 271 g/mol. The van der Waals surface area contributed by atoms with Crippen LogP contribution in [-0.2, 0) is 14.8 Å². The smallest absolute Gasteiger partial charge is 0.338 e. The molecule has 0 heterocycles. The lowest BCUT2D eigenvalue weighted by molar-refractivity contribution is 0.0433. The van der Waals surface area contributed by atoms with E-state index in [1.165, 1.54) is 18.2 Å².